The lowest BCUT2D eigenvalue weighted by Gasteiger charge is -2.20. The lowest BCUT2D eigenvalue weighted by molar-refractivity contribution is -0.143. The van der Waals surface area contributed by atoms with Crippen molar-refractivity contribution in [1.82, 2.24) is 4.90 Å². The van der Waals surface area contributed by atoms with Crippen LogP contribution >= 0.6 is 11.6 Å². The highest BCUT2D eigenvalue weighted by Crippen LogP contribution is 2.20. The van der Waals surface area contributed by atoms with Crippen molar-refractivity contribution in [2.45, 2.75) is 6.92 Å². The van der Waals surface area contributed by atoms with Gasteiger partial charge in [0, 0.05) is 6.54 Å². The number of carbonyl (C=O) groups is 2. The molecule has 0 aliphatic carbocycles. The fraction of sp³-hybridized carbons (Fsp3) is 0.286. The Labute approximate surface area is 121 Å². The molecule has 0 radical (unpaired) electrons. The van der Waals surface area contributed by atoms with Gasteiger partial charge in [0.15, 0.2) is 0 Å². The number of halogens is 2. The standard InChI is InChI=1S/C14H15ClFNO3/c1-3-8-17(9-12(18)20-4-2)14(19)13-10(15)6-5-7-11(13)16/h3,5-7H,1,4,8-9H2,2H3. The molecule has 0 spiro atoms. The van der Waals surface area contributed by atoms with Crippen LogP contribution in [0, 0.1) is 5.82 Å². The number of carbonyl (C=O) groups excluding carboxylic acids is 2. The number of ether oxygens (including phenoxy) is 1. The number of amides is 1. The van der Waals surface area contributed by atoms with E-state index in [1.807, 2.05) is 0 Å². The zero-order valence-electron chi connectivity index (χ0n) is 11.1. The monoisotopic (exact) mass is 299 g/mol. The fourth-order valence-corrected chi connectivity index (χ4v) is 1.84. The van der Waals surface area contributed by atoms with Crippen LogP contribution in [0.1, 0.15) is 17.3 Å². The molecule has 6 heteroatoms. The minimum Gasteiger partial charge on any atom is -0.465 e. The van der Waals surface area contributed by atoms with Crippen LogP contribution in [0.15, 0.2) is 30.9 Å². The maximum atomic E-state index is 13.7. The Balaban J connectivity index is 2.99. The van der Waals surface area contributed by atoms with Crippen LogP contribution in [0.25, 0.3) is 0 Å². The van der Waals surface area contributed by atoms with Crippen LogP contribution in [-0.2, 0) is 9.53 Å². The Hall–Kier alpha value is -1.88. The zero-order chi connectivity index (χ0) is 15.1. The van der Waals surface area contributed by atoms with Gasteiger partial charge in [-0.25, -0.2) is 4.39 Å². The van der Waals surface area contributed by atoms with Crippen molar-refractivity contribution < 1.29 is 18.7 Å². The van der Waals surface area contributed by atoms with E-state index in [-0.39, 0.29) is 30.3 Å². The van der Waals surface area contributed by atoms with E-state index in [2.05, 4.69) is 6.58 Å². The summed E-state index contributed by atoms with van der Waals surface area (Å²) in [5.74, 6) is -1.99. The van der Waals surface area contributed by atoms with E-state index in [1.54, 1.807) is 6.92 Å². The van der Waals surface area contributed by atoms with Gasteiger partial charge in [0.05, 0.1) is 17.2 Å². The molecule has 0 atom stereocenters. The van der Waals surface area contributed by atoms with Crippen molar-refractivity contribution in [3.05, 3.63) is 47.3 Å². The van der Waals surface area contributed by atoms with Crippen molar-refractivity contribution in [2.75, 3.05) is 19.7 Å². The summed E-state index contributed by atoms with van der Waals surface area (Å²) in [6.07, 6.45) is 1.44. The molecule has 1 aromatic rings. The van der Waals surface area contributed by atoms with Gasteiger partial charge >= 0.3 is 5.97 Å². The summed E-state index contributed by atoms with van der Waals surface area (Å²) in [5, 5.41) is -0.00655. The Morgan fingerprint density at radius 3 is 2.75 bits per heavy atom. The molecular weight excluding hydrogens is 285 g/mol. The maximum Gasteiger partial charge on any atom is 0.325 e. The molecule has 1 aromatic carbocycles. The first-order valence-electron chi connectivity index (χ1n) is 6.01. The van der Waals surface area contributed by atoms with Crippen molar-refractivity contribution in [2.24, 2.45) is 0 Å². The Morgan fingerprint density at radius 2 is 2.20 bits per heavy atom. The highest BCUT2D eigenvalue weighted by atomic mass is 35.5. The molecule has 4 nitrogen and oxygen atoms in total. The van der Waals surface area contributed by atoms with Crippen LogP contribution in [0.2, 0.25) is 5.02 Å². The average molecular weight is 300 g/mol. The number of hydrogen-bond donors (Lipinski definition) is 0. The lowest BCUT2D eigenvalue weighted by atomic mass is 10.2. The second-order valence-corrected chi connectivity index (χ2v) is 4.28. The molecule has 0 aromatic heterocycles. The van der Waals surface area contributed by atoms with Crippen LogP contribution < -0.4 is 0 Å². The Bertz CT molecular complexity index is 499. The molecule has 0 fully saturated rings. The van der Waals surface area contributed by atoms with E-state index in [1.165, 1.54) is 18.2 Å². The van der Waals surface area contributed by atoms with Crippen molar-refractivity contribution in [3.63, 3.8) is 0 Å². The predicted octanol–water partition coefficient (Wildman–Crippen LogP) is 2.67. The molecule has 0 saturated carbocycles. The molecule has 0 heterocycles. The smallest absolute Gasteiger partial charge is 0.325 e. The lowest BCUT2D eigenvalue weighted by Crippen LogP contribution is -2.37. The second kappa shape index (κ2) is 7.65. The first kappa shape index (κ1) is 16.2. The van der Waals surface area contributed by atoms with Gasteiger partial charge in [-0.15, -0.1) is 6.58 Å². The molecular formula is C14H15ClFNO3. The molecule has 0 aliphatic rings. The first-order valence-corrected chi connectivity index (χ1v) is 6.38. The maximum absolute atomic E-state index is 13.7. The van der Waals surface area contributed by atoms with Crippen molar-refractivity contribution in [3.8, 4) is 0 Å². The van der Waals surface area contributed by atoms with Gasteiger partial charge in [0.1, 0.15) is 12.4 Å². The van der Waals surface area contributed by atoms with E-state index in [0.717, 1.165) is 11.0 Å². The summed E-state index contributed by atoms with van der Waals surface area (Å²) in [6.45, 7) is 5.16. The molecule has 0 bridgehead atoms. The van der Waals surface area contributed by atoms with E-state index in [9.17, 15) is 14.0 Å². The predicted molar refractivity (Wildman–Crippen MR) is 74.1 cm³/mol. The van der Waals surface area contributed by atoms with Crippen LogP contribution in [0.3, 0.4) is 0 Å². The van der Waals surface area contributed by atoms with Crippen molar-refractivity contribution >= 4 is 23.5 Å². The number of hydrogen-bond acceptors (Lipinski definition) is 3. The van der Waals surface area contributed by atoms with E-state index in [4.69, 9.17) is 16.3 Å². The Morgan fingerprint density at radius 1 is 1.50 bits per heavy atom. The van der Waals surface area contributed by atoms with Crippen LogP contribution in [0.4, 0.5) is 4.39 Å². The summed E-state index contributed by atoms with van der Waals surface area (Å²) in [6, 6.07) is 3.95. The molecule has 0 aliphatic heterocycles. The molecule has 108 valence electrons. The van der Waals surface area contributed by atoms with Gasteiger partial charge in [0.25, 0.3) is 5.91 Å². The molecule has 0 N–H and O–H groups in total. The minimum atomic E-state index is -0.736. The second-order valence-electron chi connectivity index (χ2n) is 3.88. The molecule has 1 rings (SSSR count). The summed E-state index contributed by atoms with van der Waals surface area (Å²) in [4.78, 5) is 24.8. The van der Waals surface area contributed by atoms with Crippen LogP contribution in [-0.4, -0.2) is 36.5 Å². The van der Waals surface area contributed by atoms with Gasteiger partial charge in [-0.2, -0.15) is 0 Å². The third-order valence-electron chi connectivity index (χ3n) is 2.44. The quantitative estimate of drug-likeness (QED) is 0.599. The Kier molecular flexibility index (Phi) is 6.18. The number of rotatable bonds is 6. The third kappa shape index (κ3) is 4.06. The van der Waals surface area contributed by atoms with Crippen molar-refractivity contribution in [1.29, 1.82) is 0 Å². The molecule has 0 unspecified atom stereocenters. The van der Waals surface area contributed by atoms with E-state index >= 15 is 0 Å². The average Bonchev–Trinajstić information content (AvgIpc) is 2.38. The van der Waals surface area contributed by atoms with E-state index < -0.39 is 17.7 Å². The largest absolute Gasteiger partial charge is 0.465 e. The molecule has 0 saturated heterocycles. The summed E-state index contributed by atoms with van der Waals surface area (Å²) in [7, 11) is 0. The zero-order valence-corrected chi connectivity index (χ0v) is 11.8. The molecule has 1 amide bonds. The van der Waals surface area contributed by atoms with Gasteiger partial charge < -0.3 is 9.64 Å². The van der Waals surface area contributed by atoms with E-state index in [0.29, 0.717) is 0 Å². The highest BCUT2D eigenvalue weighted by Gasteiger charge is 2.23. The third-order valence-corrected chi connectivity index (χ3v) is 2.75. The summed E-state index contributed by atoms with van der Waals surface area (Å²) in [5.41, 5.74) is -0.264. The van der Waals surface area contributed by atoms with Gasteiger partial charge in [-0.1, -0.05) is 23.7 Å². The minimum absolute atomic E-state index is 0.00655. The summed E-state index contributed by atoms with van der Waals surface area (Å²) < 4.78 is 18.5. The number of nitrogens with zero attached hydrogens (tertiary/aromatic N) is 1. The van der Waals surface area contributed by atoms with Gasteiger partial charge in [0.2, 0.25) is 0 Å². The molecule has 20 heavy (non-hydrogen) atoms. The number of esters is 1. The fourth-order valence-electron chi connectivity index (χ4n) is 1.60. The summed E-state index contributed by atoms with van der Waals surface area (Å²) >= 11 is 5.84. The highest BCUT2D eigenvalue weighted by molar-refractivity contribution is 6.33. The van der Waals surface area contributed by atoms with Gasteiger partial charge in [-0.05, 0) is 19.1 Å². The topological polar surface area (TPSA) is 46.6 Å². The van der Waals surface area contributed by atoms with Crippen LogP contribution in [0.5, 0.6) is 0 Å². The first-order chi connectivity index (χ1) is 9.51. The normalized spacial score (nSPS) is 9.95. The SMILES string of the molecule is C=CCN(CC(=O)OCC)C(=O)c1c(F)cccc1Cl. The number of benzene rings is 1. The van der Waals surface area contributed by atoms with Gasteiger partial charge in [-0.3, -0.25) is 9.59 Å².